The highest BCUT2D eigenvalue weighted by Crippen LogP contribution is 2.39. The summed E-state index contributed by atoms with van der Waals surface area (Å²) in [5.41, 5.74) is 5.45. The summed E-state index contributed by atoms with van der Waals surface area (Å²) >= 11 is 0. The summed E-state index contributed by atoms with van der Waals surface area (Å²) in [5.74, 6) is 0.295. The Morgan fingerprint density at radius 3 is 2.47 bits per heavy atom. The quantitative estimate of drug-likeness (QED) is 0.478. The Labute approximate surface area is 187 Å². The number of fused-ring (bicyclic) bond motifs is 2. The second-order valence-corrected chi connectivity index (χ2v) is 8.43. The molecule has 0 aliphatic carbocycles. The molecule has 0 radical (unpaired) electrons. The van der Waals surface area contributed by atoms with Gasteiger partial charge < -0.3 is 4.90 Å². The molecule has 1 atom stereocenters. The van der Waals surface area contributed by atoms with Crippen molar-refractivity contribution in [2.24, 2.45) is 0 Å². The van der Waals surface area contributed by atoms with Crippen LogP contribution in [0, 0.1) is 13.8 Å². The molecule has 1 aliphatic rings. The lowest BCUT2D eigenvalue weighted by Crippen LogP contribution is -2.31. The topological polar surface area (TPSA) is 55.2 Å². The van der Waals surface area contributed by atoms with Gasteiger partial charge >= 0.3 is 0 Å². The fourth-order valence-corrected chi connectivity index (χ4v) is 4.69. The lowest BCUT2D eigenvalue weighted by atomic mass is 9.95. The molecule has 1 aliphatic heterocycles. The second-order valence-electron chi connectivity index (χ2n) is 8.43. The van der Waals surface area contributed by atoms with Crippen molar-refractivity contribution in [3.8, 4) is 5.69 Å². The lowest BCUT2D eigenvalue weighted by molar-refractivity contribution is -0.119. The van der Waals surface area contributed by atoms with E-state index in [4.69, 9.17) is 4.98 Å². The van der Waals surface area contributed by atoms with Gasteiger partial charge in [0.25, 0.3) is 5.56 Å². The maximum Gasteiger partial charge on any atom is 0.265 e. The molecule has 1 amide bonds. The van der Waals surface area contributed by atoms with E-state index in [2.05, 4.69) is 6.07 Å². The summed E-state index contributed by atoms with van der Waals surface area (Å²) in [6.07, 6.45) is 0.361. The van der Waals surface area contributed by atoms with E-state index < -0.39 is 0 Å². The third-order valence-electron chi connectivity index (χ3n) is 6.22. The van der Waals surface area contributed by atoms with Gasteiger partial charge in [0.2, 0.25) is 5.91 Å². The molecule has 1 aromatic heterocycles. The van der Waals surface area contributed by atoms with Crippen LogP contribution in [0.3, 0.4) is 0 Å². The highest BCUT2D eigenvalue weighted by Gasteiger charge is 2.37. The smallest absolute Gasteiger partial charge is 0.265 e. The number of carbonyl (C=O) groups is 1. The first-order chi connectivity index (χ1) is 15.5. The maximum absolute atomic E-state index is 13.6. The molecule has 5 nitrogen and oxygen atoms in total. The largest absolute Gasteiger partial charge is 0.312 e. The fourth-order valence-electron chi connectivity index (χ4n) is 4.69. The number of para-hydroxylation sites is 1. The molecule has 32 heavy (non-hydrogen) atoms. The van der Waals surface area contributed by atoms with Crippen LogP contribution in [0.1, 0.15) is 35.4 Å². The Hall–Kier alpha value is -3.73. The van der Waals surface area contributed by atoms with Gasteiger partial charge in [0, 0.05) is 18.7 Å². The molecular weight excluding hydrogens is 398 g/mol. The average molecular weight is 424 g/mol. The van der Waals surface area contributed by atoms with E-state index >= 15 is 0 Å². The lowest BCUT2D eigenvalue weighted by Gasteiger charge is -2.18. The zero-order valence-electron chi connectivity index (χ0n) is 18.5. The first kappa shape index (κ1) is 20.2. The number of benzene rings is 3. The summed E-state index contributed by atoms with van der Waals surface area (Å²) in [4.78, 5) is 33.6. The summed E-state index contributed by atoms with van der Waals surface area (Å²) in [6.45, 7) is 6.64. The first-order valence-corrected chi connectivity index (χ1v) is 11.0. The number of aromatic nitrogens is 2. The van der Waals surface area contributed by atoms with Crippen molar-refractivity contribution in [2.75, 3.05) is 11.4 Å². The zero-order chi connectivity index (χ0) is 22.4. The fraction of sp³-hybridized carbons (Fsp3) is 0.222. The summed E-state index contributed by atoms with van der Waals surface area (Å²) in [5, 5.41) is 0.571. The Morgan fingerprint density at radius 2 is 1.69 bits per heavy atom. The monoisotopic (exact) mass is 423 g/mol. The predicted molar refractivity (Wildman–Crippen MR) is 128 cm³/mol. The summed E-state index contributed by atoms with van der Waals surface area (Å²) in [6, 6.07) is 21.4. The number of amides is 1. The van der Waals surface area contributed by atoms with Gasteiger partial charge in [-0.15, -0.1) is 0 Å². The number of nitrogens with zero attached hydrogens (tertiary/aromatic N) is 3. The van der Waals surface area contributed by atoms with Crippen molar-refractivity contribution >= 4 is 22.5 Å². The van der Waals surface area contributed by atoms with E-state index in [9.17, 15) is 9.59 Å². The van der Waals surface area contributed by atoms with Crippen molar-refractivity contribution in [1.29, 1.82) is 0 Å². The molecule has 3 aromatic carbocycles. The summed E-state index contributed by atoms with van der Waals surface area (Å²) < 4.78 is 1.67. The molecule has 0 N–H and O–H groups in total. The molecule has 160 valence electrons. The SMILES string of the molecule is CCN1C(=O)C(Cc2nc3ccccc3c(=O)n2-c2cccc(C)c2)c2cc(C)ccc21. The Kier molecular flexibility index (Phi) is 4.89. The van der Waals surface area contributed by atoms with Crippen molar-refractivity contribution in [1.82, 2.24) is 9.55 Å². The van der Waals surface area contributed by atoms with Crippen LogP contribution in [-0.2, 0) is 11.2 Å². The van der Waals surface area contributed by atoms with Gasteiger partial charge in [-0.05, 0) is 62.2 Å². The van der Waals surface area contributed by atoms with Crippen LogP contribution >= 0.6 is 0 Å². The molecule has 5 heteroatoms. The predicted octanol–water partition coefficient (Wildman–Crippen LogP) is 4.70. The van der Waals surface area contributed by atoms with Crippen molar-refractivity contribution < 1.29 is 4.79 Å². The standard InChI is InChI=1S/C27H25N3O2/c1-4-29-24-13-12-18(3)15-21(24)22(26(29)31)16-25-28-23-11-6-5-10-20(23)27(32)30(25)19-9-7-8-17(2)14-19/h5-15,22H,4,16H2,1-3H3. The number of aryl methyl sites for hydroxylation is 2. The minimum absolute atomic E-state index is 0.0614. The summed E-state index contributed by atoms with van der Waals surface area (Å²) in [7, 11) is 0. The molecule has 1 unspecified atom stereocenters. The third kappa shape index (κ3) is 3.21. The van der Waals surface area contributed by atoms with Crippen LogP contribution in [0.5, 0.6) is 0 Å². The maximum atomic E-state index is 13.6. The number of rotatable bonds is 4. The van der Waals surface area contributed by atoms with Crippen LogP contribution < -0.4 is 10.5 Å². The van der Waals surface area contributed by atoms with E-state index in [1.165, 1.54) is 0 Å². The second kappa shape index (κ2) is 7.75. The first-order valence-electron chi connectivity index (χ1n) is 11.0. The van der Waals surface area contributed by atoms with Crippen LogP contribution in [0.15, 0.2) is 71.5 Å². The molecule has 0 saturated carbocycles. The van der Waals surface area contributed by atoms with Crippen LogP contribution in [0.25, 0.3) is 16.6 Å². The normalized spacial score (nSPS) is 15.4. The number of carbonyl (C=O) groups excluding carboxylic acids is 1. The van der Waals surface area contributed by atoms with Gasteiger partial charge in [-0.25, -0.2) is 4.98 Å². The molecule has 0 fully saturated rings. The highest BCUT2D eigenvalue weighted by atomic mass is 16.2. The van der Waals surface area contributed by atoms with Gasteiger partial charge in [0.15, 0.2) is 0 Å². The Morgan fingerprint density at radius 1 is 0.906 bits per heavy atom. The minimum atomic E-state index is -0.367. The molecular formula is C27H25N3O2. The number of likely N-dealkylation sites (N-methyl/N-ethyl adjacent to an activating group) is 1. The average Bonchev–Trinajstić information content (AvgIpc) is 3.04. The van der Waals surface area contributed by atoms with Gasteiger partial charge in [-0.1, -0.05) is 42.0 Å². The van der Waals surface area contributed by atoms with Crippen molar-refractivity contribution in [3.05, 3.63) is 99.6 Å². The Balaban J connectivity index is 1.71. The van der Waals surface area contributed by atoms with E-state index in [-0.39, 0.29) is 17.4 Å². The van der Waals surface area contributed by atoms with Crippen molar-refractivity contribution in [3.63, 3.8) is 0 Å². The van der Waals surface area contributed by atoms with E-state index in [0.717, 1.165) is 28.1 Å². The zero-order valence-corrected chi connectivity index (χ0v) is 18.5. The van der Waals surface area contributed by atoms with Crippen molar-refractivity contribution in [2.45, 2.75) is 33.1 Å². The number of anilines is 1. The number of hydrogen-bond donors (Lipinski definition) is 0. The van der Waals surface area contributed by atoms with Crippen LogP contribution in [0.4, 0.5) is 5.69 Å². The molecule has 0 saturated heterocycles. The molecule has 0 bridgehead atoms. The molecule has 4 aromatic rings. The molecule has 0 spiro atoms. The van der Waals surface area contributed by atoms with Gasteiger partial charge in [-0.2, -0.15) is 0 Å². The van der Waals surface area contributed by atoms with E-state index in [0.29, 0.717) is 29.7 Å². The number of hydrogen-bond acceptors (Lipinski definition) is 3. The minimum Gasteiger partial charge on any atom is -0.312 e. The van der Waals surface area contributed by atoms with Gasteiger partial charge in [-0.3, -0.25) is 14.2 Å². The van der Waals surface area contributed by atoms with E-state index in [1.807, 2.05) is 80.3 Å². The van der Waals surface area contributed by atoms with Gasteiger partial charge in [0.05, 0.1) is 22.5 Å². The third-order valence-corrected chi connectivity index (χ3v) is 6.22. The van der Waals surface area contributed by atoms with Crippen LogP contribution in [0.2, 0.25) is 0 Å². The van der Waals surface area contributed by atoms with E-state index in [1.54, 1.807) is 10.6 Å². The molecule has 5 rings (SSSR count). The molecule has 2 heterocycles. The Bertz CT molecular complexity index is 1420. The van der Waals surface area contributed by atoms with Crippen LogP contribution in [-0.4, -0.2) is 22.0 Å². The highest BCUT2D eigenvalue weighted by molar-refractivity contribution is 6.05. The van der Waals surface area contributed by atoms with Gasteiger partial charge in [0.1, 0.15) is 5.82 Å².